The number of anilines is 1. The minimum atomic E-state index is -0.432. The predicted molar refractivity (Wildman–Crippen MR) is 75.8 cm³/mol. The Morgan fingerprint density at radius 3 is 2.45 bits per heavy atom. The van der Waals surface area contributed by atoms with Crippen molar-refractivity contribution in [2.75, 3.05) is 25.5 Å². The van der Waals surface area contributed by atoms with Gasteiger partial charge in [-0.1, -0.05) is 0 Å². The summed E-state index contributed by atoms with van der Waals surface area (Å²) in [6.45, 7) is 4.22. The number of halogens is 1. The fourth-order valence-electron chi connectivity index (χ4n) is 1.56. The van der Waals surface area contributed by atoms with Crippen LogP contribution < -0.4 is 10.6 Å². The summed E-state index contributed by atoms with van der Waals surface area (Å²) in [4.78, 5) is 25.0. The summed E-state index contributed by atoms with van der Waals surface area (Å²) in [5, 5.41) is 5.47. The molecule has 0 aliphatic heterocycles. The molecule has 1 atom stereocenters. The van der Waals surface area contributed by atoms with Gasteiger partial charge >= 0.3 is 0 Å². The maximum atomic E-state index is 12.7. The van der Waals surface area contributed by atoms with Gasteiger partial charge in [-0.05, 0) is 38.1 Å². The van der Waals surface area contributed by atoms with Gasteiger partial charge in [0.05, 0.1) is 12.6 Å². The van der Waals surface area contributed by atoms with Gasteiger partial charge in [0.15, 0.2) is 0 Å². The van der Waals surface area contributed by atoms with E-state index in [-0.39, 0.29) is 24.2 Å². The zero-order valence-electron chi connectivity index (χ0n) is 11.9. The van der Waals surface area contributed by atoms with E-state index in [4.69, 9.17) is 0 Å². The second kappa shape index (κ2) is 7.59. The van der Waals surface area contributed by atoms with Crippen molar-refractivity contribution >= 4 is 17.5 Å². The monoisotopic (exact) mass is 281 g/mol. The number of carbonyl (C=O) groups excluding carboxylic acids is 2. The van der Waals surface area contributed by atoms with Crippen LogP contribution in [-0.2, 0) is 9.59 Å². The van der Waals surface area contributed by atoms with Crippen LogP contribution in [0.2, 0.25) is 0 Å². The molecule has 0 spiro atoms. The Balaban J connectivity index is 2.40. The molecule has 0 aliphatic rings. The van der Waals surface area contributed by atoms with Crippen LogP contribution in [0.5, 0.6) is 0 Å². The lowest BCUT2D eigenvalue weighted by Crippen LogP contribution is -2.45. The molecule has 0 radical (unpaired) electrons. The maximum Gasteiger partial charge on any atom is 0.239 e. The van der Waals surface area contributed by atoms with Crippen LogP contribution in [0.4, 0.5) is 10.1 Å². The molecule has 0 fully saturated rings. The second-order valence-corrected chi connectivity index (χ2v) is 4.51. The third-order valence-electron chi connectivity index (χ3n) is 2.92. The Morgan fingerprint density at radius 2 is 1.90 bits per heavy atom. The van der Waals surface area contributed by atoms with Gasteiger partial charge in [0.25, 0.3) is 0 Å². The fraction of sp³-hybridized carbons (Fsp3) is 0.429. The number of amides is 2. The van der Waals surface area contributed by atoms with E-state index in [1.54, 1.807) is 18.9 Å². The average molecular weight is 281 g/mol. The van der Waals surface area contributed by atoms with Crippen molar-refractivity contribution in [1.29, 1.82) is 0 Å². The van der Waals surface area contributed by atoms with Crippen LogP contribution in [0.3, 0.4) is 0 Å². The highest BCUT2D eigenvalue weighted by Crippen LogP contribution is 2.07. The SMILES string of the molecule is CCN(C)C(=O)C(C)NCC(=O)Nc1ccc(F)cc1. The van der Waals surface area contributed by atoms with Crippen molar-refractivity contribution in [3.63, 3.8) is 0 Å². The highest BCUT2D eigenvalue weighted by Gasteiger charge is 2.16. The zero-order valence-corrected chi connectivity index (χ0v) is 11.9. The number of nitrogens with one attached hydrogen (secondary N) is 2. The Morgan fingerprint density at radius 1 is 1.30 bits per heavy atom. The number of hydrogen-bond donors (Lipinski definition) is 2. The summed E-state index contributed by atoms with van der Waals surface area (Å²) in [5.41, 5.74) is 0.517. The Labute approximate surface area is 118 Å². The smallest absolute Gasteiger partial charge is 0.239 e. The molecule has 1 aromatic carbocycles. The Hall–Kier alpha value is -1.95. The van der Waals surface area contributed by atoms with Crippen LogP contribution >= 0.6 is 0 Å². The van der Waals surface area contributed by atoms with Crippen LogP contribution in [0.1, 0.15) is 13.8 Å². The topological polar surface area (TPSA) is 61.4 Å². The van der Waals surface area contributed by atoms with Gasteiger partial charge in [0, 0.05) is 19.3 Å². The summed E-state index contributed by atoms with van der Waals surface area (Å²) < 4.78 is 12.7. The summed E-state index contributed by atoms with van der Waals surface area (Å²) >= 11 is 0. The molecular formula is C14H20FN3O2. The molecule has 6 heteroatoms. The highest BCUT2D eigenvalue weighted by molar-refractivity contribution is 5.92. The van der Waals surface area contributed by atoms with Gasteiger partial charge in [-0.3, -0.25) is 14.9 Å². The number of rotatable bonds is 6. The number of likely N-dealkylation sites (N-methyl/N-ethyl adjacent to an activating group) is 1. The fourth-order valence-corrected chi connectivity index (χ4v) is 1.56. The minimum absolute atomic E-state index is 0.0157. The molecule has 2 amide bonds. The normalized spacial score (nSPS) is 11.8. The van der Waals surface area contributed by atoms with Gasteiger partial charge < -0.3 is 10.2 Å². The quantitative estimate of drug-likeness (QED) is 0.824. The molecule has 0 saturated heterocycles. The number of nitrogens with zero attached hydrogens (tertiary/aromatic N) is 1. The Kier molecular flexibility index (Phi) is 6.11. The maximum absolute atomic E-state index is 12.7. The Bertz CT molecular complexity index is 462. The third-order valence-corrected chi connectivity index (χ3v) is 2.92. The highest BCUT2D eigenvalue weighted by atomic mass is 19.1. The van der Waals surface area contributed by atoms with Gasteiger partial charge in [0.1, 0.15) is 5.82 Å². The van der Waals surface area contributed by atoms with E-state index in [1.807, 2.05) is 6.92 Å². The molecule has 0 aliphatic carbocycles. The van der Waals surface area contributed by atoms with Crippen molar-refractivity contribution in [3.8, 4) is 0 Å². The van der Waals surface area contributed by atoms with Gasteiger partial charge in [-0.2, -0.15) is 0 Å². The average Bonchev–Trinajstić information content (AvgIpc) is 2.45. The molecule has 1 unspecified atom stereocenters. The van der Waals surface area contributed by atoms with Gasteiger partial charge in [-0.25, -0.2) is 4.39 Å². The van der Waals surface area contributed by atoms with Crippen LogP contribution in [0.25, 0.3) is 0 Å². The van der Waals surface area contributed by atoms with Crippen molar-refractivity contribution < 1.29 is 14.0 Å². The van der Waals surface area contributed by atoms with Crippen LogP contribution in [0.15, 0.2) is 24.3 Å². The van der Waals surface area contributed by atoms with Gasteiger partial charge in [0.2, 0.25) is 11.8 Å². The van der Waals surface area contributed by atoms with E-state index in [9.17, 15) is 14.0 Å². The van der Waals surface area contributed by atoms with E-state index in [0.717, 1.165) is 0 Å². The standard InChI is InChI=1S/C14H20FN3O2/c1-4-18(3)14(20)10(2)16-9-13(19)17-12-7-5-11(15)6-8-12/h5-8,10,16H,4,9H2,1-3H3,(H,17,19). The molecular weight excluding hydrogens is 261 g/mol. The van der Waals surface area contributed by atoms with E-state index < -0.39 is 6.04 Å². The number of carbonyl (C=O) groups is 2. The zero-order chi connectivity index (χ0) is 15.1. The van der Waals surface area contributed by atoms with Crippen LogP contribution in [-0.4, -0.2) is 42.9 Å². The third kappa shape index (κ3) is 4.97. The second-order valence-electron chi connectivity index (χ2n) is 4.51. The molecule has 0 bridgehead atoms. The summed E-state index contributed by atoms with van der Waals surface area (Å²) in [7, 11) is 1.71. The number of benzene rings is 1. The first-order valence-electron chi connectivity index (χ1n) is 6.47. The van der Waals surface area contributed by atoms with Crippen LogP contribution in [0, 0.1) is 5.82 Å². The lowest BCUT2D eigenvalue weighted by Gasteiger charge is -2.20. The predicted octanol–water partition coefficient (Wildman–Crippen LogP) is 1.22. The van der Waals surface area contributed by atoms with Crippen molar-refractivity contribution in [1.82, 2.24) is 10.2 Å². The molecule has 2 N–H and O–H groups in total. The van der Waals surface area contributed by atoms with Gasteiger partial charge in [-0.15, -0.1) is 0 Å². The summed E-state index contributed by atoms with van der Waals surface area (Å²) in [5.74, 6) is -0.708. The van der Waals surface area contributed by atoms with Crippen molar-refractivity contribution in [2.45, 2.75) is 19.9 Å². The molecule has 5 nitrogen and oxygen atoms in total. The molecule has 1 aromatic rings. The summed E-state index contributed by atoms with van der Waals surface area (Å²) in [6, 6.07) is 5.06. The van der Waals surface area contributed by atoms with E-state index >= 15 is 0 Å². The molecule has 110 valence electrons. The molecule has 0 saturated carbocycles. The van der Waals surface area contributed by atoms with E-state index in [1.165, 1.54) is 24.3 Å². The first kappa shape index (κ1) is 16.1. The molecule has 0 heterocycles. The lowest BCUT2D eigenvalue weighted by atomic mass is 10.3. The van der Waals surface area contributed by atoms with Crippen molar-refractivity contribution in [3.05, 3.63) is 30.1 Å². The minimum Gasteiger partial charge on any atom is -0.345 e. The van der Waals surface area contributed by atoms with E-state index in [2.05, 4.69) is 10.6 Å². The van der Waals surface area contributed by atoms with Crippen molar-refractivity contribution in [2.24, 2.45) is 0 Å². The van der Waals surface area contributed by atoms with E-state index in [0.29, 0.717) is 12.2 Å². The first-order valence-corrected chi connectivity index (χ1v) is 6.47. The number of hydrogen-bond acceptors (Lipinski definition) is 3. The molecule has 20 heavy (non-hydrogen) atoms. The lowest BCUT2D eigenvalue weighted by molar-refractivity contribution is -0.131. The first-order chi connectivity index (χ1) is 9.43. The summed E-state index contributed by atoms with van der Waals surface area (Å²) in [6.07, 6.45) is 0. The largest absolute Gasteiger partial charge is 0.345 e. The molecule has 0 aromatic heterocycles. The molecule has 1 rings (SSSR count).